The van der Waals surface area contributed by atoms with Gasteiger partial charge in [0.2, 0.25) is 0 Å². The number of aliphatic hydroxyl groups excluding tert-OH is 2. The normalized spacial score (nSPS) is 46.2. The van der Waals surface area contributed by atoms with Crippen LogP contribution in [0.3, 0.4) is 0 Å². The maximum atomic E-state index is 10.0. The highest BCUT2D eigenvalue weighted by Crippen LogP contribution is 2.40. The molecule has 0 amide bonds. The number of piperidine rings is 2. The molecule has 0 aromatic heterocycles. The van der Waals surface area contributed by atoms with Crippen LogP contribution in [0.25, 0.3) is 0 Å². The summed E-state index contributed by atoms with van der Waals surface area (Å²) >= 11 is 0. The fraction of sp³-hybridized carbons (Fsp3) is 1.00. The first-order valence-electron chi connectivity index (χ1n) is 6.07. The van der Waals surface area contributed by atoms with Gasteiger partial charge in [-0.2, -0.15) is 0 Å². The van der Waals surface area contributed by atoms with Crippen LogP contribution in [0, 0.1) is 5.92 Å². The van der Waals surface area contributed by atoms with Crippen molar-refractivity contribution < 1.29 is 10.2 Å². The molecule has 3 heteroatoms. The van der Waals surface area contributed by atoms with Crippen LogP contribution in [-0.4, -0.2) is 45.4 Å². The second-order valence-electron chi connectivity index (χ2n) is 5.72. The zero-order chi connectivity index (χ0) is 11.2. The van der Waals surface area contributed by atoms with Crippen molar-refractivity contribution >= 4 is 0 Å². The molecule has 2 aliphatic heterocycles. The molecule has 0 bridgehead atoms. The third-order valence-electron chi connectivity index (χ3n) is 4.66. The Kier molecular flexibility index (Phi) is 2.82. The van der Waals surface area contributed by atoms with Crippen LogP contribution >= 0.6 is 0 Å². The van der Waals surface area contributed by atoms with Crippen molar-refractivity contribution in [3.8, 4) is 0 Å². The van der Waals surface area contributed by atoms with E-state index in [-0.39, 0.29) is 29.7 Å². The van der Waals surface area contributed by atoms with Crippen molar-refractivity contribution in [2.45, 2.75) is 63.8 Å². The lowest BCUT2D eigenvalue weighted by atomic mass is 9.73. The predicted molar refractivity (Wildman–Crippen MR) is 59.6 cm³/mol. The summed E-state index contributed by atoms with van der Waals surface area (Å²) in [5, 5.41) is 20.0. The van der Waals surface area contributed by atoms with Crippen molar-refractivity contribution in [3.05, 3.63) is 0 Å². The van der Waals surface area contributed by atoms with Gasteiger partial charge >= 0.3 is 0 Å². The van der Waals surface area contributed by atoms with Crippen LogP contribution in [0.2, 0.25) is 0 Å². The van der Waals surface area contributed by atoms with E-state index < -0.39 is 0 Å². The van der Waals surface area contributed by atoms with E-state index in [1.807, 2.05) is 0 Å². The zero-order valence-electron chi connectivity index (χ0n) is 9.98. The summed E-state index contributed by atoms with van der Waals surface area (Å²) < 4.78 is 0. The Bertz CT molecular complexity index is 242. The zero-order valence-corrected chi connectivity index (χ0v) is 9.98. The van der Waals surface area contributed by atoms with Gasteiger partial charge in [-0.15, -0.1) is 0 Å². The minimum absolute atomic E-state index is 0.00370. The molecule has 0 radical (unpaired) electrons. The lowest BCUT2D eigenvalue weighted by Gasteiger charge is -2.56. The Balaban J connectivity index is 2.24. The van der Waals surface area contributed by atoms with Gasteiger partial charge in [0.25, 0.3) is 0 Å². The smallest absolute Gasteiger partial charge is 0.0697 e. The molecular weight excluding hydrogens is 190 g/mol. The molecule has 15 heavy (non-hydrogen) atoms. The second kappa shape index (κ2) is 3.72. The van der Waals surface area contributed by atoms with Crippen LogP contribution in [-0.2, 0) is 0 Å². The van der Waals surface area contributed by atoms with Crippen molar-refractivity contribution in [2.24, 2.45) is 5.92 Å². The van der Waals surface area contributed by atoms with Gasteiger partial charge in [-0.3, -0.25) is 4.90 Å². The third-order valence-corrected chi connectivity index (χ3v) is 4.66. The van der Waals surface area contributed by atoms with Crippen LogP contribution in [0.1, 0.15) is 40.0 Å². The quantitative estimate of drug-likeness (QED) is 0.630. The van der Waals surface area contributed by atoms with Crippen molar-refractivity contribution in [1.29, 1.82) is 0 Å². The van der Waals surface area contributed by atoms with Gasteiger partial charge < -0.3 is 10.2 Å². The Morgan fingerprint density at radius 1 is 1.20 bits per heavy atom. The number of nitrogens with zero attached hydrogens (tertiary/aromatic N) is 1. The SMILES string of the molecule is C[C@@H]1[C@H](O)C[C@H]2[C@@H](O)CCCN2C1(C)C. The molecule has 2 aliphatic rings. The Hall–Kier alpha value is -0.120. The number of hydrogen-bond donors (Lipinski definition) is 2. The first-order chi connectivity index (χ1) is 6.94. The molecule has 0 aromatic rings. The molecule has 2 fully saturated rings. The monoisotopic (exact) mass is 213 g/mol. The van der Waals surface area contributed by atoms with Crippen molar-refractivity contribution in [1.82, 2.24) is 4.90 Å². The summed E-state index contributed by atoms with van der Waals surface area (Å²) in [4.78, 5) is 2.40. The minimum atomic E-state index is -0.269. The van der Waals surface area contributed by atoms with Gasteiger partial charge in [0.15, 0.2) is 0 Å². The van der Waals surface area contributed by atoms with E-state index in [2.05, 4.69) is 25.7 Å². The molecule has 0 saturated carbocycles. The summed E-state index contributed by atoms with van der Waals surface area (Å²) in [5.41, 5.74) is 0.00370. The summed E-state index contributed by atoms with van der Waals surface area (Å²) in [5.74, 6) is 0.277. The minimum Gasteiger partial charge on any atom is -0.393 e. The summed E-state index contributed by atoms with van der Waals surface area (Å²) in [6.07, 6.45) is 2.17. The maximum Gasteiger partial charge on any atom is 0.0697 e. The first kappa shape index (κ1) is 11.4. The summed E-state index contributed by atoms with van der Waals surface area (Å²) in [7, 11) is 0. The molecule has 0 aromatic carbocycles. The van der Waals surface area contributed by atoms with Crippen molar-refractivity contribution in [2.75, 3.05) is 6.54 Å². The molecular formula is C12H23NO2. The molecule has 4 atom stereocenters. The number of fused-ring (bicyclic) bond motifs is 1. The van der Waals surface area contributed by atoms with E-state index in [0.29, 0.717) is 0 Å². The molecule has 2 rings (SSSR count). The molecule has 2 saturated heterocycles. The summed E-state index contributed by atoms with van der Waals surface area (Å²) in [6.45, 7) is 7.55. The Labute approximate surface area is 92.1 Å². The second-order valence-corrected chi connectivity index (χ2v) is 5.72. The first-order valence-corrected chi connectivity index (χ1v) is 6.07. The van der Waals surface area contributed by atoms with Gasteiger partial charge in [-0.25, -0.2) is 0 Å². The average molecular weight is 213 g/mol. The van der Waals surface area contributed by atoms with E-state index in [4.69, 9.17) is 0 Å². The van der Waals surface area contributed by atoms with Gasteiger partial charge in [0.05, 0.1) is 12.2 Å². The van der Waals surface area contributed by atoms with E-state index >= 15 is 0 Å². The number of aliphatic hydroxyl groups is 2. The van der Waals surface area contributed by atoms with E-state index in [1.165, 1.54) is 0 Å². The maximum absolute atomic E-state index is 10.0. The summed E-state index contributed by atoms with van der Waals surface area (Å²) in [6, 6.07) is 0.167. The molecule has 0 aliphatic carbocycles. The van der Waals surface area contributed by atoms with Crippen LogP contribution in [0.4, 0.5) is 0 Å². The molecule has 0 unspecified atom stereocenters. The number of rotatable bonds is 0. The molecule has 2 N–H and O–H groups in total. The fourth-order valence-corrected chi connectivity index (χ4v) is 3.22. The van der Waals surface area contributed by atoms with E-state index in [9.17, 15) is 10.2 Å². The van der Waals surface area contributed by atoms with Gasteiger partial charge in [0, 0.05) is 11.6 Å². The topological polar surface area (TPSA) is 43.7 Å². The fourth-order valence-electron chi connectivity index (χ4n) is 3.22. The molecule has 3 nitrogen and oxygen atoms in total. The largest absolute Gasteiger partial charge is 0.393 e. The lowest BCUT2D eigenvalue weighted by molar-refractivity contribution is -0.133. The third kappa shape index (κ3) is 1.71. The standard InChI is InChI=1S/C12H23NO2/c1-8-11(15)7-9-10(14)5-4-6-13(9)12(8,2)3/h8-11,14-15H,4-7H2,1-3H3/t8-,9+,10+,11-/m1/s1. The van der Waals surface area contributed by atoms with Crippen LogP contribution in [0.5, 0.6) is 0 Å². The molecule has 0 spiro atoms. The predicted octanol–water partition coefficient (Wildman–Crippen LogP) is 0.991. The molecule has 2 heterocycles. The lowest BCUT2D eigenvalue weighted by Crippen LogP contribution is -2.66. The molecule has 88 valence electrons. The highest BCUT2D eigenvalue weighted by molar-refractivity contribution is 5.02. The Morgan fingerprint density at radius 2 is 1.87 bits per heavy atom. The average Bonchev–Trinajstić information content (AvgIpc) is 2.17. The van der Waals surface area contributed by atoms with Crippen molar-refractivity contribution in [3.63, 3.8) is 0 Å². The van der Waals surface area contributed by atoms with Gasteiger partial charge in [0.1, 0.15) is 0 Å². The Morgan fingerprint density at radius 3 is 2.53 bits per heavy atom. The van der Waals surface area contributed by atoms with Crippen LogP contribution in [0.15, 0.2) is 0 Å². The number of hydrogen-bond acceptors (Lipinski definition) is 3. The highest BCUT2D eigenvalue weighted by Gasteiger charge is 2.48. The van der Waals surface area contributed by atoms with E-state index in [1.54, 1.807) is 0 Å². The van der Waals surface area contributed by atoms with Gasteiger partial charge in [-0.1, -0.05) is 6.92 Å². The van der Waals surface area contributed by atoms with Gasteiger partial charge in [-0.05, 0) is 45.6 Å². The van der Waals surface area contributed by atoms with E-state index in [0.717, 1.165) is 25.8 Å². The highest BCUT2D eigenvalue weighted by atomic mass is 16.3. The van der Waals surface area contributed by atoms with Crippen LogP contribution < -0.4 is 0 Å².